The number of benzene rings is 2. The summed E-state index contributed by atoms with van der Waals surface area (Å²) in [7, 11) is -2.19. The van der Waals surface area contributed by atoms with Crippen LogP contribution in [-0.2, 0) is 24.3 Å². The highest BCUT2D eigenvalue weighted by Crippen LogP contribution is 2.26. The molecule has 162 valence electrons. The fraction of sp³-hybridized carbons (Fsp3) is 0.143. The molecule has 3 rings (SSSR count). The minimum absolute atomic E-state index is 0.237. The number of thiophene rings is 1. The van der Waals surface area contributed by atoms with E-state index in [1.165, 1.54) is 25.2 Å². The van der Waals surface area contributed by atoms with Crippen molar-refractivity contribution in [2.24, 2.45) is 5.73 Å². The van der Waals surface area contributed by atoms with Crippen molar-refractivity contribution in [3.05, 3.63) is 77.7 Å². The summed E-state index contributed by atoms with van der Waals surface area (Å²) in [6.45, 7) is -0.445. The number of hydrogen-bond acceptors (Lipinski definition) is 7. The fourth-order valence-electron chi connectivity index (χ4n) is 2.66. The van der Waals surface area contributed by atoms with E-state index in [1.807, 2.05) is 0 Å². The topological polar surface area (TPSA) is 116 Å². The van der Waals surface area contributed by atoms with Crippen LogP contribution in [-0.4, -0.2) is 33.9 Å². The first kappa shape index (κ1) is 22.3. The van der Waals surface area contributed by atoms with Crippen molar-refractivity contribution in [3.8, 4) is 5.75 Å². The number of hydrogen-bond donors (Lipinski definition) is 1. The van der Waals surface area contributed by atoms with Gasteiger partial charge in [-0.3, -0.25) is 9.10 Å². The minimum Gasteiger partial charge on any atom is -0.482 e. The van der Waals surface area contributed by atoms with Crippen LogP contribution >= 0.6 is 11.3 Å². The van der Waals surface area contributed by atoms with Crippen LogP contribution in [0.25, 0.3) is 0 Å². The van der Waals surface area contributed by atoms with Crippen LogP contribution in [0.4, 0.5) is 5.69 Å². The zero-order valence-corrected chi connectivity index (χ0v) is 18.1. The third kappa shape index (κ3) is 5.41. The molecule has 0 aliphatic rings. The number of sulfonamides is 1. The number of rotatable bonds is 9. The Morgan fingerprint density at radius 3 is 2.29 bits per heavy atom. The van der Waals surface area contributed by atoms with Gasteiger partial charge in [-0.05, 0) is 35.7 Å². The number of nitrogens with zero attached hydrogens (tertiary/aromatic N) is 1. The maximum absolute atomic E-state index is 12.6. The molecule has 8 nitrogen and oxygen atoms in total. The highest BCUT2D eigenvalue weighted by Gasteiger charge is 2.23. The first-order valence-electron chi connectivity index (χ1n) is 9.08. The van der Waals surface area contributed by atoms with Gasteiger partial charge in [0.1, 0.15) is 9.96 Å². The molecule has 0 aliphatic carbocycles. The lowest BCUT2D eigenvalue weighted by molar-refractivity contribution is -0.157. The number of ether oxygens (including phenoxy) is 2. The van der Waals surface area contributed by atoms with Crippen molar-refractivity contribution in [1.82, 2.24) is 0 Å². The molecule has 0 aliphatic heterocycles. The molecule has 0 bridgehead atoms. The molecule has 1 aromatic heterocycles. The largest absolute Gasteiger partial charge is 0.482 e. The van der Waals surface area contributed by atoms with Crippen molar-refractivity contribution in [2.45, 2.75) is 10.3 Å². The predicted octanol–water partition coefficient (Wildman–Crippen LogP) is 2.72. The summed E-state index contributed by atoms with van der Waals surface area (Å²) in [5.74, 6) is -1.23. The molecular weight excluding hydrogens is 440 g/mol. The molecule has 1 amide bonds. The lowest BCUT2D eigenvalue weighted by Crippen LogP contribution is -2.28. The SMILES string of the molecule is CN(c1ccc(OCC(=O)OC(C(N)=O)c2ccccc2)cc1)S(=O)(=O)c1cccs1. The number of nitrogens with two attached hydrogens (primary N) is 1. The van der Waals surface area contributed by atoms with Crippen LogP contribution in [0.1, 0.15) is 11.7 Å². The first-order valence-corrected chi connectivity index (χ1v) is 11.4. The van der Waals surface area contributed by atoms with Crippen LogP contribution < -0.4 is 14.8 Å². The standard InChI is InChI=1S/C21H20N2O6S2/c1-23(31(26,27)19-8-5-13-30-19)16-9-11-17(12-10-16)28-14-18(24)29-20(21(22)25)15-6-3-2-4-7-15/h2-13,20H,14H2,1H3,(H2,22,25). The lowest BCUT2D eigenvalue weighted by atomic mass is 10.1. The third-order valence-electron chi connectivity index (χ3n) is 4.28. The second kappa shape index (κ2) is 9.63. The van der Waals surface area contributed by atoms with Crippen molar-refractivity contribution in [2.75, 3.05) is 18.0 Å². The fourth-order valence-corrected chi connectivity index (χ4v) is 5.02. The van der Waals surface area contributed by atoms with Crippen molar-refractivity contribution >= 4 is 38.9 Å². The van der Waals surface area contributed by atoms with Crippen LogP contribution in [0.5, 0.6) is 5.75 Å². The van der Waals surface area contributed by atoms with Gasteiger partial charge in [-0.2, -0.15) is 0 Å². The number of carbonyl (C=O) groups is 2. The van der Waals surface area contributed by atoms with Gasteiger partial charge in [-0.15, -0.1) is 11.3 Å². The van der Waals surface area contributed by atoms with Gasteiger partial charge < -0.3 is 15.2 Å². The quantitative estimate of drug-likeness (QED) is 0.491. The van der Waals surface area contributed by atoms with E-state index >= 15 is 0 Å². The molecule has 0 spiro atoms. The molecule has 1 atom stereocenters. The maximum atomic E-state index is 12.6. The summed E-state index contributed by atoms with van der Waals surface area (Å²) < 4.78 is 37.1. The molecule has 2 N–H and O–H groups in total. The monoisotopic (exact) mass is 460 g/mol. The van der Waals surface area contributed by atoms with Crippen molar-refractivity contribution < 1.29 is 27.5 Å². The van der Waals surface area contributed by atoms with Gasteiger partial charge in [-0.25, -0.2) is 13.2 Å². The van der Waals surface area contributed by atoms with Gasteiger partial charge in [0.15, 0.2) is 6.61 Å². The zero-order chi connectivity index (χ0) is 22.4. The minimum atomic E-state index is -3.64. The van der Waals surface area contributed by atoms with E-state index in [1.54, 1.807) is 53.9 Å². The molecule has 0 saturated carbocycles. The van der Waals surface area contributed by atoms with E-state index < -0.39 is 34.6 Å². The first-order chi connectivity index (χ1) is 14.8. The summed E-state index contributed by atoms with van der Waals surface area (Å²) in [6, 6.07) is 17.8. The Hall–Kier alpha value is -3.37. The van der Waals surface area contributed by atoms with E-state index in [-0.39, 0.29) is 4.21 Å². The Balaban J connectivity index is 1.60. The molecule has 1 heterocycles. The third-order valence-corrected chi connectivity index (χ3v) is 7.44. The molecule has 0 saturated heterocycles. The van der Waals surface area contributed by atoms with Crippen molar-refractivity contribution in [3.63, 3.8) is 0 Å². The van der Waals surface area contributed by atoms with Gasteiger partial charge in [0.05, 0.1) is 5.69 Å². The number of anilines is 1. The van der Waals surface area contributed by atoms with Gasteiger partial charge in [0.2, 0.25) is 6.10 Å². The smallest absolute Gasteiger partial charge is 0.345 e. The Kier molecular flexibility index (Phi) is 6.93. The number of amides is 1. The molecule has 0 radical (unpaired) electrons. The van der Waals surface area contributed by atoms with Crippen LogP contribution in [0.2, 0.25) is 0 Å². The molecule has 10 heteroatoms. The van der Waals surface area contributed by atoms with E-state index in [9.17, 15) is 18.0 Å². The Morgan fingerprint density at radius 1 is 1.03 bits per heavy atom. The Bertz CT molecular complexity index is 1130. The Morgan fingerprint density at radius 2 is 1.71 bits per heavy atom. The summed E-state index contributed by atoms with van der Waals surface area (Å²) >= 11 is 1.13. The number of carbonyl (C=O) groups excluding carboxylic acids is 2. The van der Waals surface area contributed by atoms with Gasteiger partial charge >= 0.3 is 5.97 Å². The number of esters is 1. The molecule has 2 aromatic carbocycles. The molecule has 3 aromatic rings. The molecular formula is C21H20N2O6S2. The van der Waals surface area contributed by atoms with E-state index in [2.05, 4.69) is 0 Å². The van der Waals surface area contributed by atoms with Gasteiger partial charge in [-0.1, -0.05) is 36.4 Å². The summed E-state index contributed by atoms with van der Waals surface area (Å²) in [5, 5.41) is 1.69. The average molecular weight is 461 g/mol. The van der Waals surface area contributed by atoms with E-state index in [4.69, 9.17) is 15.2 Å². The predicted molar refractivity (Wildman–Crippen MR) is 116 cm³/mol. The Labute approximate surface area is 183 Å². The van der Waals surface area contributed by atoms with Crippen molar-refractivity contribution in [1.29, 1.82) is 0 Å². The number of primary amides is 1. The zero-order valence-electron chi connectivity index (χ0n) is 16.5. The highest BCUT2D eigenvalue weighted by molar-refractivity contribution is 7.94. The van der Waals surface area contributed by atoms with Crippen LogP contribution in [0, 0.1) is 0 Å². The van der Waals surface area contributed by atoms with Gasteiger partial charge in [0.25, 0.3) is 15.9 Å². The van der Waals surface area contributed by atoms with Gasteiger partial charge in [0, 0.05) is 12.6 Å². The molecule has 31 heavy (non-hydrogen) atoms. The highest BCUT2D eigenvalue weighted by atomic mass is 32.2. The lowest BCUT2D eigenvalue weighted by Gasteiger charge is -2.19. The summed E-state index contributed by atoms with van der Waals surface area (Å²) in [6.07, 6.45) is -1.21. The van der Waals surface area contributed by atoms with Crippen LogP contribution in [0.15, 0.2) is 76.3 Å². The van der Waals surface area contributed by atoms with E-state index in [0.717, 1.165) is 15.6 Å². The summed E-state index contributed by atoms with van der Waals surface area (Å²) in [5.41, 5.74) is 6.22. The molecule has 0 fully saturated rings. The second-order valence-corrected chi connectivity index (χ2v) is 9.51. The van der Waals surface area contributed by atoms with E-state index in [0.29, 0.717) is 17.0 Å². The summed E-state index contributed by atoms with van der Waals surface area (Å²) in [4.78, 5) is 23.7. The average Bonchev–Trinajstić information content (AvgIpc) is 3.32. The van der Waals surface area contributed by atoms with Crippen LogP contribution in [0.3, 0.4) is 0 Å². The maximum Gasteiger partial charge on any atom is 0.345 e. The molecule has 1 unspecified atom stereocenters. The second-order valence-electron chi connectivity index (χ2n) is 6.37. The normalized spacial score (nSPS) is 12.0.